The third-order valence-corrected chi connectivity index (χ3v) is 3.10. The molecule has 4 heteroatoms. The fourth-order valence-electron chi connectivity index (χ4n) is 1.95. The Kier molecular flexibility index (Phi) is 2.22. The van der Waals surface area contributed by atoms with Crippen LogP contribution in [-0.4, -0.2) is 27.2 Å². The maximum atomic E-state index is 9.54. The molecule has 3 rings (SSSR count). The molecule has 1 aliphatic rings. The van der Waals surface area contributed by atoms with E-state index in [4.69, 9.17) is 0 Å². The fraction of sp³-hybridized carbons (Fsp3) is 0.333. The minimum absolute atomic E-state index is 0.137. The van der Waals surface area contributed by atoms with E-state index < -0.39 is 0 Å². The Balaban J connectivity index is 1.96. The van der Waals surface area contributed by atoms with Crippen molar-refractivity contribution in [3.8, 4) is 0 Å². The average Bonchev–Trinajstić information content (AvgIpc) is 2.34. The van der Waals surface area contributed by atoms with Crippen molar-refractivity contribution in [2.45, 2.75) is 25.0 Å². The zero-order valence-electron chi connectivity index (χ0n) is 8.80. The highest BCUT2D eigenvalue weighted by atomic mass is 16.3. The number of rotatable bonds is 2. The molecule has 0 amide bonds. The van der Waals surface area contributed by atoms with Gasteiger partial charge in [0.15, 0.2) is 0 Å². The van der Waals surface area contributed by atoms with Gasteiger partial charge in [-0.3, -0.25) is 0 Å². The molecule has 82 valence electrons. The van der Waals surface area contributed by atoms with Crippen LogP contribution >= 0.6 is 0 Å². The van der Waals surface area contributed by atoms with Gasteiger partial charge in [0, 0.05) is 5.39 Å². The number of benzene rings is 1. The molecule has 0 radical (unpaired) electrons. The van der Waals surface area contributed by atoms with Crippen LogP contribution in [-0.2, 0) is 0 Å². The summed E-state index contributed by atoms with van der Waals surface area (Å²) in [5.74, 6) is 0.814. The molecule has 4 nitrogen and oxygen atoms in total. The van der Waals surface area contributed by atoms with Crippen LogP contribution in [0.4, 0.5) is 5.82 Å². The van der Waals surface area contributed by atoms with E-state index in [0.717, 1.165) is 29.6 Å². The first-order valence-electron chi connectivity index (χ1n) is 5.49. The van der Waals surface area contributed by atoms with Crippen LogP contribution in [0.1, 0.15) is 12.8 Å². The number of aromatic nitrogens is 2. The molecular formula is C12H13N3O. The third-order valence-electron chi connectivity index (χ3n) is 3.10. The number of nitrogens with one attached hydrogen (secondary N) is 1. The van der Waals surface area contributed by atoms with E-state index in [1.807, 2.05) is 24.3 Å². The first-order chi connectivity index (χ1) is 7.84. The standard InChI is InChI=1S/C12H13N3O/c16-11-6-5-10(11)15-12-8-3-1-2-4-9(8)13-7-14-12/h1-4,7,10-11,16H,5-6H2,(H,13,14,15). The Hall–Kier alpha value is -1.68. The summed E-state index contributed by atoms with van der Waals surface area (Å²) in [6, 6.07) is 8.01. The van der Waals surface area contributed by atoms with Gasteiger partial charge in [0.25, 0.3) is 0 Å². The summed E-state index contributed by atoms with van der Waals surface area (Å²) in [6.07, 6.45) is 3.18. The summed E-state index contributed by atoms with van der Waals surface area (Å²) < 4.78 is 0. The highest BCUT2D eigenvalue weighted by Crippen LogP contribution is 2.26. The lowest BCUT2D eigenvalue weighted by atomic mass is 9.89. The number of para-hydroxylation sites is 1. The summed E-state index contributed by atoms with van der Waals surface area (Å²) in [7, 11) is 0. The van der Waals surface area contributed by atoms with Crippen molar-refractivity contribution in [3.63, 3.8) is 0 Å². The number of aliphatic hydroxyl groups excluding tert-OH is 1. The molecule has 0 spiro atoms. The fourth-order valence-corrected chi connectivity index (χ4v) is 1.95. The number of aliphatic hydroxyl groups is 1. The first-order valence-corrected chi connectivity index (χ1v) is 5.49. The minimum atomic E-state index is -0.242. The highest BCUT2D eigenvalue weighted by molar-refractivity contribution is 5.88. The van der Waals surface area contributed by atoms with Crippen molar-refractivity contribution in [1.82, 2.24) is 9.97 Å². The van der Waals surface area contributed by atoms with Gasteiger partial charge in [-0.1, -0.05) is 12.1 Å². The molecule has 1 fully saturated rings. The molecule has 2 unspecified atom stereocenters. The van der Waals surface area contributed by atoms with Crippen LogP contribution in [0.5, 0.6) is 0 Å². The van der Waals surface area contributed by atoms with Crippen LogP contribution < -0.4 is 5.32 Å². The Morgan fingerprint density at radius 2 is 2.06 bits per heavy atom. The summed E-state index contributed by atoms with van der Waals surface area (Å²) in [6.45, 7) is 0. The van der Waals surface area contributed by atoms with Gasteiger partial charge in [-0.05, 0) is 25.0 Å². The van der Waals surface area contributed by atoms with E-state index in [1.54, 1.807) is 6.33 Å². The Morgan fingerprint density at radius 1 is 1.19 bits per heavy atom. The maximum absolute atomic E-state index is 9.54. The number of fused-ring (bicyclic) bond motifs is 1. The average molecular weight is 215 g/mol. The monoisotopic (exact) mass is 215 g/mol. The topological polar surface area (TPSA) is 58.0 Å². The smallest absolute Gasteiger partial charge is 0.137 e. The summed E-state index contributed by atoms with van der Waals surface area (Å²) >= 11 is 0. The zero-order valence-corrected chi connectivity index (χ0v) is 8.80. The first kappa shape index (κ1) is 9.54. The Labute approximate surface area is 93.4 Å². The quantitative estimate of drug-likeness (QED) is 0.798. The second-order valence-corrected chi connectivity index (χ2v) is 4.13. The van der Waals surface area contributed by atoms with E-state index in [9.17, 15) is 5.11 Å². The van der Waals surface area contributed by atoms with Crippen molar-refractivity contribution in [3.05, 3.63) is 30.6 Å². The minimum Gasteiger partial charge on any atom is -0.391 e. The molecular weight excluding hydrogens is 202 g/mol. The van der Waals surface area contributed by atoms with Gasteiger partial charge in [-0.2, -0.15) is 0 Å². The predicted octanol–water partition coefficient (Wildman–Crippen LogP) is 1.56. The van der Waals surface area contributed by atoms with E-state index in [2.05, 4.69) is 15.3 Å². The molecule has 1 saturated carbocycles. The van der Waals surface area contributed by atoms with Crippen LogP contribution in [0.25, 0.3) is 10.9 Å². The van der Waals surface area contributed by atoms with Gasteiger partial charge >= 0.3 is 0 Å². The Morgan fingerprint density at radius 3 is 2.81 bits per heavy atom. The predicted molar refractivity (Wildman–Crippen MR) is 62.2 cm³/mol. The molecule has 1 aromatic carbocycles. The number of hydrogen-bond acceptors (Lipinski definition) is 4. The molecule has 0 bridgehead atoms. The van der Waals surface area contributed by atoms with Gasteiger partial charge in [-0.15, -0.1) is 0 Å². The summed E-state index contributed by atoms with van der Waals surface area (Å²) in [5.41, 5.74) is 0.925. The van der Waals surface area contributed by atoms with Crippen LogP contribution in [0.15, 0.2) is 30.6 Å². The largest absolute Gasteiger partial charge is 0.391 e. The van der Waals surface area contributed by atoms with E-state index in [1.165, 1.54) is 0 Å². The van der Waals surface area contributed by atoms with Crippen molar-refractivity contribution in [2.24, 2.45) is 0 Å². The molecule has 16 heavy (non-hydrogen) atoms. The van der Waals surface area contributed by atoms with Gasteiger partial charge in [0.05, 0.1) is 17.7 Å². The van der Waals surface area contributed by atoms with E-state index in [0.29, 0.717) is 0 Å². The van der Waals surface area contributed by atoms with Crippen molar-refractivity contribution in [2.75, 3.05) is 5.32 Å². The third kappa shape index (κ3) is 1.51. The summed E-state index contributed by atoms with van der Waals surface area (Å²) in [4.78, 5) is 8.43. The lowest BCUT2D eigenvalue weighted by molar-refractivity contribution is 0.0785. The molecule has 1 aromatic heterocycles. The summed E-state index contributed by atoms with van der Waals surface area (Å²) in [5, 5.41) is 13.8. The van der Waals surface area contributed by atoms with Crippen LogP contribution in [0, 0.1) is 0 Å². The highest BCUT2D eigenvalue weighted by Gasteiger charge is 2.29. The molecule has 2 atom stereocenters. The van der Waals surface area contributed by atoms with E-state index >= 15 is 0 Å². The molecule has 2 N–H and O–H groups in total. The molecule has 0 aliphatic heterocycles. The van der Waals surface area contributed by atoms with Crippen LogP contribution in [0.3, 0.4) is 0 Å². The number of hydrogen-bond donors (Lipinski definition) is 2. The lowest BCUT2D eigenvalue weighted by Gasteiger charge is -2.33. The molecule has 1 aliphatic carbocycles. The second-order valence-electron chi connectivity index (χ2n) is 4.13. The Bertz CT molecular complexity index is 509. The number of anilines is 1. The van der Waals surface area contributed by atoms with E-state index in [-0.39, 0.29) is 12.1 Å². The van der Waals surface area contributed by atoms with Crippen LogP contribution in [0.2, 0.25) is 0 Å². The van der Waals surface area contributed by atoms with Crippen molar-refractivity contribution >= 4 is 16.7 Å². The normalized spacial score (nSPS) is 24.1. The second kappa shape index (κ2) is 3.72. The van der Waals surface area contributed by atoms with Crippen molar-refractivity contribution in [1.29, 1.82) is 0 Å². The molecule has 1 heterocycles. The van der Waals surface area contributed by atoms with Gasteiger partial charge in [-0.25, -0.2) is 9.97 Å². The number of nitrogens with zero attached hydrogens (tertiary/aromatic N) is 2. The van der Waals surface area contributed by atoms with Gasteiger partial charge < -0.3 is 10.4 Å². The zero-order chi connectivity index (χ0) is 11.0. The molecule has 0 saturated heterocycles. The van der Waals surface area contributed by atoms with Crippen molar-refractivity contribution < 1.29 is 5.11 Å². The maximum Gasteiger partial charge on any atom is 0.137 e. The SMILES string of the molecule is OC1CCC1Nc1ncnc2ccccc12. The van der Waals surface area contributed by atoms with Gasteiger partial charge in [0.2, 0.25) is 0 Å². The lowest BCUT2D eigenvalue weighted by Crippen LogP contribution is -2.42. The van der Waals surface area contributed by atoms with Gasteiger partial charge in [0.1, 0.15) is 12.1 Å². The molecule has 2 aromatic rings.